The summed E-state index contributed by atoms with van der Waals surface area (Å²) in [4.78, 5) is 4.46. The second-order valence-electron chi connectivity index (χ2n) is 4.33. The largest absolute Gasteiger partial charge is 0.497 e. The molecule has 0 saturated carbocycles. The van der Waals surface area contributed by atoms with E-state index in [4.69, 9.17) is 4.74 Å². The summed E-state index contributed by atoms with van der Waals surface area (Å²) in [7, 11) is 1.68. The van der Waals surface area contributed by atoms with Gasteiger partial charge < -0.3 is 4.74 Å². The summed E-state index contributed by atoms with van der Waals surface area (Å²) in [5.74, 6) is 2.78. The Hall–Kier alpha value is -1.84. The Kier molecular flexibility index (Phi) is 3.97. The van der Waals surface area contributed by atoms with Gasteiger partial charge in [0.15, 0.2) is 0 Å². The zero-order valence-corrected chi connectivity index (χ0v) is 11.2. The molecule has 0 saturated heterocycles. The van der Waals surface area contributed by atoms with E-state index in [-0.39, 0.29) is 0 Å². The van der Waals surface area contributed by atoms with Crippen LogP contribution in [0.4, 0.5) is 0 Å². The number of aryl methyl sites for hydroxylation is 2. The van der Waals surface area contributed by atoms with Crippen LogP contribution in [0.5, 0.6) is 5.75 Å². The van der Waals surface area contributed by atoms with Crippen LogP contribution in [-0.2, 0) is 13.0 Å². The van der Waals surface area contributed by atoms with Gasteiger partial charge in [-0.15, -0.1) is 0 Å². The maximum Gasteiger partial charge on any atom is 0.147 e. The highest BCUT2D eigenvalue weighted by molar-refractivity contribution is 5.27. The molecule has 0 spiro atoms. The van der Waals surface area contributed by atoms with Crippen molar-refractivity contribution in [2.75, 3.05) is 7.11 Å². The van der Waals surface area contributed by atoms with E-state index in [1.807, 2.05) is 23.7 Å². The molecule has 0 aliphatic rings. The minimum Gasteiger partial charge on any atom is -0.497 e. The van der Waals surface area contributed by atoms with E-state index < -0.39 is 0 Å². The lowest BCUT2D eigenvalue weighted by Gasteiger charge is -2.06. The van der Waals surface area contributed by atoms with Gasteiger partial charge in [0.05, 0.1) is 13.7 Å². The van der Waals surface area contributed by atoms with Crippen molar-refractivity contribution in [2.45, 2.75) is 33.2 Å². The van der Waals surface area contributed by atoms with Crippen LogP contribution >= 0.6 is 0 Å². The van der Waals surface area contributed by atoms with Gasteiger partial charge in [0.25, 0.3) is 0 Å². The Labute approximate surface area is 108 Å². The lowest BCUT2D eigenvalue weighted by Crippen LogP contribution is -2.07. The summed E-state index contributed by atoms with van der Waals surface area (Å²) in [5.41, 5.74) is 1.21. The van der Waals surface area contributed by atoms with E-state index in [1.165, 1.54) is 5.56 Å². The fourth-order valence-electron chi connectivity index (χ4n) is 1.94. The molecule has 2 aromatic rings. The molecular weight excluding hydrogens is 226 g/mol. The van der Waals surface area contributed by atoms with Gasteiger partial charge in [-0.2, -0.15) is 5.10 Å². The molecule has 96 valence electrons. The van der Waals surface area contributed by atoms with Gasteiger partial charge in [-0.25, -0.2) is 9.67 Å². The summed E-state index contributed by atoms with van der Waals surface area (Å²) in [6.45, 7) is 4.85. The van der Waals surface area contributed by atoms with Crippen LogP contribution < -0.4 is 4.74 Å². The monoisotopic (exact) mass is 245 g/mol. The van der Waals surface area contributed by atoms with Gasteiger partial charge in [0.1, 0.15) is 17.4 Å². The van der Waals surface area contributed by atoms with Gasteiger partial charge in [-0.1, -0.05) is 19.1 Å². The SMILES string of the molecule is CCCc1nc(C)nn1Cc1ccc(OC)cc1. The van der Waals surface area contributed by atoms with Crippen LogP contribution in [0.1, 0.15) is 30.6 Å². The third kappa shape index (κ3) is 2.88. The molecule has 4 heteroatoms. The summed E-state index contributed by atoms with van der Waals surface area (Å²) in [6.07, 6.45) is 2.05. The number of benzene rings is 1. The lowest BCUT2D eigenvalue weighted by atomic mass is 10.2. The van der Waals surface area contributed by atoms with Crippen molar-refractivity contribution >= 4 is 0 Å². The van der Waals surface area contributed by atoms with Crippen LogP contribution in [0.3, 0.4) is 0 Å². The third-order valence-corrected chi connectivity index (χ3v) is 2.82. The molecule has 0 fully saturated rings. The molecule has 0 radical (unpaired) electrons. The van der Waals surface area contributed by atoms with E-state index in [0.717, 1.165) is 36.8 Å². The Balaban J connectivity index is 2.16. The molecule has 0 N–H and O–H groups in total. The minimum absolute atomic E-state index is 0.764. The third-order valence-electron chi connectivity index (χ3n) is 2.82. The van der Waals surface area contributed by atoms with Crippen molar-refractivity contribution in [3.8, 4) is 5.75 Å². The topological polar surface area (TPSA) is 39.9 Å². The Morgan fingerprint density at radius 1 is 1.22 bits per heavy atom. The molecule has 1 heterocycles. The van der Waals surface area contributed by atoms with Crippen LogP contribution in [-0.4, -0.2) is 21.9 Å². The Bertz CT molecular complexity index is 502. The van der Waals surface area contributed by atoms with Crippen molar-refractivity contribution in [1.82, 2.24) is 14.8 Å². The van der Waals surface area contributed by atoms with Crippen molar-refractivity contribution < 1.29 is 4.74 Å². The van der Waals surface area contributed by atoms with Gasteiger partial charge in [-0.05, 0) is 31.0 Å². The molecule has 18 heavy (non-hydrogen) atoms. The van der Waals surface area contributed by atoms with Gasteiger partial charge in [0, 0.05) is 6.42 Å². The average molecular weight is 245 g/mol. The maximum atomic E-state index is 5.15. The lowest BCUT2D eigenvalue weighted by molar-refractivity contribution is 0.414. The number of hydrogen-bond acceptors (Lipinski definition) is 3. The number of methoxy groups -OCH3 is 1. The number of aromatic nitrogens is 3. The van der Waals surface area contributed by atoms with Crippen molar-refractivity contribution in [3.63, 3.8) is 0 Å². The van der Waals surface area contributed by atoms with E-state index in [0.29, 0.717) is 0 Å². The quantitative estimate of drug-likeness (QED) is 0.813. The van der Waals surface area contributed by atoms with Crippen LogP contribution in [0.15, 0.2) is 24.3 Å². The summed E-state index contributed by atoms with van der Waals surface area (Å²) >= 11 is 0. The average Bonchev–Trinajstić information content (AvgIpc) is 2.71. The summed E-state index contributed by atoms with van der Waals surface area (Å²) in [5, 5.41) is 4.44. The number of ether oxygens (including phenoxy) is 1. The summed E-state index contributed by atoms with van der Waals surface area (Å²) in [6, 6.07) is 8.06. The molecule has 4 nitrogen and oxygen atoms in total. The highest BCUT2D eigenvalue weighted by Gasteiger charge is 2.06. The molecule has 1 aromatic carbocycles. The van der Waals surface area contributed by atoms with Crippen LogP contribution in [0.25, 0.3) is 0 Å². The summed E-state index contributed by atoms with van der Waals surface area (Å²) < 4.78 is 7.14. The molecule has 0 amide bonds. The van der Waals surface area contributed by atoms with Crippen molar-refractivity contribution in [1.29, 1.82) is 0 Å². The second kappa shape index (κ2) is 5.67. The van der Waals surface area contributed by atoms with E-state index >= 15 is 0 Å². The van der Waals surface area contributed by atoms with Gasteiger partial charge in [0.2, 0.25) is 0 Å². The van der Waals surface area contributed by atoms with E-state index in [1.54, 1.807) is 7.11 Å². The molecule has 0 aliphatic carbocycles. The zero-order valence-electron chi connectivity index (χ0n) is 11.2. The highest BCUT2D eigenvalue weighted by atomic mass is 16.5. The first kappa shape index (κ1) is 12.6. The normalized spacial score (nSPS) is 10.6. The first-order valence-electron chi connectivity index (χ1n) is 6.26. The maximum absolute atomic E-state index is 5.15. The van der Waals surface area contributed by atoms with Gasteiger partial charge >= 0.3 is 0 Å². The van der Waals surface area contributed by atoms with E-state index in [2.05, 4.69) is 29.1 Å². The van der Waals surface area contributed by atoms with Crippen LogP contribution in [0, 0.1) is 6.92 Å². The van der Waals surface area contributed by atoms with E-state index in [9.17, 15) is 0 Å². The number of hydrogen-bond donors (Lipinski definition) is 0. The Morgan fingerprint density at radius 3 is 2.56 bits per heavy atom. The molecule has 1 aromatic heterocycles. The minimum atomic E-state index is 0.764. The standard InChI is InChI=1S/C14H19N3O/c1-4-5-14-15-11(2)16-17(14)10-12-6-8-13(18-3)9-7-12/h6-9H,4-5,10H2,1-3H3. The molecule has 0 bridgehead atoms. The predicted octanol–water partition coefficient (Wildman–Crippen LogP) is 2.60. The fraction of sp³-hybridized carbons (Fsp3) is 0.429. The second-order valence-corrected chi connectivity index (χ2v) is 4.33. The highest BCUT2D eigenvalue weighted by Crippen LogP contribution is 2.13. The Morgan fingerprint density at radius 2 is 1.94 bits per heavy atom. The first-order chi connectivity index (χ1) is 8.72. The van der Waals surface area contributed by atoms with Crippen LogP contribution in [0.2, 0.25) is 0 Å². The first-order valence-corrected chi connectivity index (χ1v) is 6.26. The zero-order chi connectivity index (χ0) is 13.0. The number of nitrogens with zero attached hydrogens (tertiary/aromatic N) is 3. The molecule has 0 unspecified atom stereocenters. The molecule has 0 aliphatic heterocycles. The smallest absolute Gasteiger partial charge is 0.147 e. The molecule has 2 rings (SSSR count). The molecule has 0 atom stereocenters. The molecular formula is C14H19N3O. The fourth-order valence-corrected chi connectivity index (χ4v) is 1.94. The van der Waals surface area contributed by atoms with Crippen molar-refractivity contribution in [3.05, 3.63) is 41.5 Å². The number of rotatable bonds is 5. The predicted molar refractivity (Wildman–Crippen MR) is 70.9 cm³/mol. The van der Waals surface area contributed by atoms with Gasteiger partial charge in [-0.3, -0.25) is 0 Å². The van der Waals surface area contributed by atoms with Crippen molar-refractivity contribution in [2.24, 2.45) is 0 Å².